The number of benzene rings is 1. The van der Waals surface area contributed by atoms with Crippen LogP contribution in [0.3, 0.4) is 0 Å². The number of nitrogens with two attached hydrogens (primary N) is 1. The number of aryl methyl sites for hydroxylation is 1. The van der Waals surface area contributed by atoms with Crippen molar-refractivity contribution in [1.82, 2.24) is 0 Å². The molecule has 4 nitrogen and oxygen atoms in total. The van der Waals surface area contributed by atoms with Gasteiger partial charge in [-0.3, -0.25) is 0 Å². The number of thiophene rings is 1. The fourth-order valence-corrected chi connectivity index (χ4v) is 2.86. The molecule has 0 amide bonds. The summed E-state index contributed by atoms with van der Waals surface area (Å²) in [5.41, 5.74) is 7.59. The number of nitrogens with one attached hydrogen (secondary N) is 1. The minimum Gasteiger partial charge on any atom is -0.465 e. The van der Waals surface area contributed by atoms with Crippen molar-refractivity contribution in [3.63, 3.8) is 0 Å². The quantitative estimate of drug-likeness (QED) is 0.667. The van der Waals surface area contributed by atoms with E-state index in [1.165, 1.54) is 16.9 Å². The normalized spacial score (nSPS) is 11.9. The molecular formula is C15H18N2O2S. The average Bonchev–Trinajstić information content (AvgIpc) is 2.87. The standard InChI is InChI=1S/C15H18N2O2S/c1-9-7-8-13(20-9)10(2)17-14-11(15(18)19-3)5-4-6-12(14)16/h4-8,10,17H,16H2,1-3H3. The number of hydrogen-bond donors (Lipinski definition) is 2. The zero-order valence-electron chi connectivity index (χ0n) is 11.8. The summed E-state index contributed by atoms with van der Waals surface area (Å²) in [6, 6.07) is 9.44. The zero-order valence-corrected chi connectivity index (χ0v) is 12.6. The topological polar surface area (TPSA) is 64.3 Å². The van der Waals surface area contributed by atoms with Crippen LogP contribution in [0, 0.1) is 6.92 Å². The van der Waals surface area contributed by atoms with Crippen molar-refractivity contribution in [2.75, 3.05) is 18.2 Å². The molecule has 106 valence electrons. The Balaban J connectivity index is 2.30. The zero-order chi connectivity index (χ0) is 14.7. The molecule has 20 heavy (non-hydrogen) atoms. The number of anilines is 2. The maximum Gasteiger partial charge on any atom is 0.340 e. The van der Waals surface area contributed by atoms with Crippen molar-refractivity contribution in [1.29, 1.82) is 0 Å². The predicted molar refractivity (Wildman–Crippen MR) is 83.3 cm³/mol. The number of ether oxygens (including phenoxy) is 1. The lowest BCUT2D eigenvalue weighted by molar-refractivity contribution is 0.0602. The molecule has 1 aromatic heterocycles. The third-order valence-corrected chi connectivity index (χ3v) is 4.23. The van der Waals surface area contributed by atoms with Gasteiger partial charge in [-0.05, 0) is 38.1 Å². The van der Waals surface area contributed by atoms with Crippen molar-refractivity contribution in [2.45, 2.75) is 19.9 Å². The molecule has 0 fully saturated rings. The maximum atomic E-state index is 11.8. The van der Waals surface area contributed by atoms with Crippen molar-refractivity contribution >= 4 is 28.7 Å². The highest BCUT2D eigenvalue weighted by atomic mass is 32.1. The van der Waals surface area contributed by atoms with Crippen LogP contribution in [0.5, 0.6) is 0 Å². The van der Waals surface area contributed by atoms with Crippen molar-refractivity contribution in [3.05, 3.63) is 45.6 Å². The molecule has 0 aliphatic rings. The molecule has 1 heterocycles. The molecule has 1 aromatic carbocycles. The molecule has 5 heteroatoms. The summed E-state index contributed by atoms with van der Waals surface area (Å²) in [6.45, 7) is 4.11. The first-order valence-electron chi connectivity index (χ1n) is 6.32. The van der Waals surface area contributed by atoms with Gasteiger partial charge in [-0.2, -0.15) is 0 Å². The van der Waals surface area contributed by atoms with E-state index >= 15 is 0 Å². The second-order valence-electron chi connectivity index (χ2n) is 4.58. The molecule has 2 rings (SSSR count). The van der Waals surface area contributed by atoms with Gasteiger partial charge in [-0.15, -0.1) is 11.3 Å². The molecule has 0 bridgehead atoms. The minimum absolute atomic E-state index is 0.0711. The van der Waals surface area contributed by atoms with E-state index in [0.717, 1.165) is 0 Å². The first-order chi connectivity index (χ1) is 9.52. The Labute approximate surface area is 122 Å². The van der Waals surface area contributed by atoms with Crippen LogP contribution in [-0.4, -0.2) is 13.1 Å². The molecular weight excluding hydrogens is 272 g/mol. The first kappa shape index (κ1) is 14.4. The molecule has 0 saturated carbocycles. The van der Waals surface area contributed by atoms with Gasteiger partial charge in [0.1, 0.15) is 0 Å². The van der Waals surface area contributed by atoms with Crippen molar-refractivity contribution in [3.8, 4) is 0 Å². The van der Waals surface area contributed by atoms with Crippen LogP contribution in [0.4, 0.5) is 11.4 Å². The van der Waals surface area contributed by atoms with E-state index in [2.05, 4.69) is 24.4 Å². The Morgan fingerprint density at radius 3 is 2.70 bits per heavy atom. The van der Waals surface area contributed by atoms with E-state index in [1.807, 2.05) is 6.92 Å². The van der Waals surface area contributed by atoms with Crippen LogP contribution >= 0.6 is 11.3 Å². The molecule has 2 aromatic rings. The smallest absolute Gasteiger partial charge is 0.340 e. The Hall–Kier alpha value is -2.01. The summed E-state index contributed by atoms with van der Waals surface area (Å²) in [4.78, 5) is 14.2. The van der Waals surface area contributed by atoms with E-state index in [9.17, 15) is 4.79 Å². The summed E-state index contributed by atoms with van der Waals surface area (Å²) in [6.07, 6.45) is 0. The van der Waals surface area contributed by atoms with Crippen LogP contribution in [0.15, 0.2) is 30.3 Å². The second kappa shape index (κ2) is 5.96. The lowest BCUT2D eigenvalue weighted by Crippen LogP contribution is -2.12. The fourth-order valence-electron chi connectivity index (χ4n) is 1.99. The lowest BCUT2D eigenvalue weighted by Gasteiger charge is -2.18. The number of hydrogen-bond acceptors (Lipinski definition) is 5. The van der Waals surface area contributed by atoms with Crippen LogP contribution in [-0.2, 0) is 4.74 Å². The van der Waals surface area contributed by atoms with E-state index in [1.54, 1.807) is 29.5 Å². The summed E-state index contributed by atoms with van der Waals surface area (Å²) in [5.74, 6) is -0.394. The van der Waals surface area contributed by atoms with E-state index in [-0.39, 0.29) is 6.04 Å². The Bertz CT molecular complexity index is 622. The van der Waals surface area contributed by atoms with Crippen LogP contribution in [0.2, 0.25) is 0 Å². The molecule has 1 atom stereocenters. The van der Waals surface area contributed by atoms with Crippen LogP contribution in [0.25, 0.3) is 0 Å². The predicted octanol–water partition coefficient (Wildman–Crippen LogP) is 3.60. The molecule has 1 unspecified atom stereocenters. The summed E-state index contributed by atoms with van der Waals surface area (Å²) in [7, 11) is 1.36. The monoisotopic (exact) mass is 290 g/mol. The van der Waals surface area contributed by atoms with Gasteiger partial charge in [0.05, 0.1) is 30.1 Å². The maximum absolute atomic E-state index is 11.8. The summed E-state index contributed by atoms with van der Waals surface area (Å²) >= 11 is 1.72. The number of carbonyl (C=O) groups is 1. The fraction of sp³-hybridized carbons (Fsp3) is 0.267. The van der Waals surface area contributed by atoms with Gasteiger partial charge in [-0.25, -0.2) is 4.79 Å². The highest BCUT2D eigenvalue weighted by molar-refractivity contribution is 7.12. The number of rotatable bonds is 4. The van der Waals surface area contributed by atoms with Crippen LogP contribution < -0.4 is 11.1 Å². The number of carbonyl (C=O) groups excluding carboxylic acids is 1. The Kier molecular flexibility index (Phi) is 4.29. The van der Waals surface area contributed by atoms with E-state index in [0.29, 0.717) is 16.9 Å². The third-order valence-electron chi connectivity index (χ3n) is 3.05. The Morgan fingerprint density at radius 1 is 1.35 bits per heavy atom. The Morgan fingerprint density at radius 2 is 2.10 bits per heavy atom. The number of methoxy groups -OCH3 is 1. The lowest BCUT2D eigenvalue weighted by atomic mass is 10.1. The molecule has 3 N–H and O–H groups in total. The number of esters is 1. The van der Waals surface area contributed by atoms with Gasteiger partial charge >= 0.3 is 5.97 Å². The van der Waals surface area contributed by atoms with E-state index < -0.39 is 5.97 Å². The second-order valence-corrected chi connectivity index (χ2v) is 5.90. The van der Waals surface area contributed by atoms with Crippen LogP contribution in [0.1, 0.15) is 33.1 Å². The molecule has 0 saturated heterocycles. The highest BCUT2D eigenvalue weighted by Crippen LogP contribution is 2.31. The number of para-hydroxylation sites is 1. The number of nitrogen functional groups attached to an aromatic ring is 1. The minimum atomic E-state index is -0.394. The molecule has 0 spiro atoms. The van der Waals surface area contributed by atoms with Crippen molar-refractivity contribution < 1.29 is 9.53 Å². The highest BCUT2D eigenvalue weighted by Gasteiger charge is 2.17. The third kappa shape index (κ3) is 2.93. The largest absolute Gasteiger partial charge is 0.465 e. The first-order valence-corrected chi connectivity index (χ1v) is 7.14. The van der Waals surface area contributed by atoms with Crippen molar-refractivity contribution in [2.24, 2.45) is 0 Å². The average molecular weight is 290 g/mol. The van der Waals surface area contributed by atoms with Gasteiger partial charge in [0.2, 0.25) is 0 Å². The summed E-state index contributed by atoms with van der Waals surface area (Å²) in [5, 5.41) is 3.31. The molecule has 0 aliphatic heterocycles. The van der Waals surface area contributed by atoms with E-state index in [4.69, 9.17) is 10.5 Å². The van der Waals surface area contributed by atoms with Gasteiger partial charge in [0, 0.05) is 9.75 Å². The van der Waals surface area contributed by atoms with Gasteiger partial charge in [0.15, 0.2) is 0 Å². The van der Waals surface area contributed by atoms with Gasteiger partial charge in [-0.1, -0.05) is 6.07 Å². The molecule has 0 aliphatic carbocycles. The molecule has 0 radical (unpaired) electrons. The van der Waals surface area contributed by atoms with Gasteiger partial charge in [0.25, 0.3) is 0 Å². The van der Waals surface area contributed by atoms with Gasteiger partial charge < -0.3 is 15.8 Å². The summed E-state index contributed by atoms with van der Waals surface area (Å²) < 4.78 is 4.79. The SMILES string of the molecule is COC(=O)c1cccc(N)c1NC(C)c1ccc(C)s1.